The summed E-state index contributed by atoms with van der Waals surface area (Å²) in [7, 11) is 0. The molecule has 5 nitrogen and oxygen atoms in total. The average molecular weight is 478 g/mol. The topological polar surface area (TPSA) is 65.6 Å². The van der Waals surface area contributed by atoms with Crippen molar-refractivity contribution < 1.29 is 4.39 Å². The summed E-state index contributed by atoms with van der Waals surface area (Å²) in [5.74, 6) is 0.899. The van der Waals surface area contributed by atoms with Crippen LogP contribution in [0.4, 0.5) is 21.6 Å². The summed E-state index contributed by atoms with van der Waals surface area (Å²) in [5, 5.41) is 6.82. The first kappa shape index (κ1) is 24.1. The molecule has 2 aromatic heterocycles. The standard InChI is InChI=1S/C27H32FN5S/c1-7-8-17(4)29-24-14-22(25-27(31-24)33-26(32-25)18(5)28)30-21-10-9-19(13-23(21)34-6)20-11-15(2)16(3)12-20/h9-11,13-14,18H,4,7-8,12H2,1-3,5-6H3,(H3,29,30,31,32,33). The van der Waals surface area contributed by atoms with Crippen molar-refractivity contribution in [1.29, 1.82) is 0 Å². The zero-order chi connectivity index (χ0) is 24.4. The quantitative estimate of drug-likeness (QED) is 0.270. The minimum Gasteiger partial charge on any atom is -0.353 e. The zero-order valence-electron chi connectivity index (χ0n) is 20.5. The Morgan fingerprint density at radius 1 is 1.24 bits per heavy atom. The molecule has 2 heterocycles. The molecule has 3 aromatic rings. The van der Waals surface area contributed by atoms with Gasteiger partial charge in [0.1, 0.15) is 17.2 Å². The van der Waals surface area contributed by atoms with E-state index in [1.807, 2.05) is 6.07 Å². The third kappa shape index (κ3) is 5.04. The minimum absolute atomic E-state index is 0.266. The molecule has 0 saturated carbocycles. The molecule has 1 aliphatic rings. The number of allylic oxidation sites excluding steroid dienone is 5. The number of nitrogens with zero attached hydrogens (tertiary/aromatic N) is 2. The largest absolute Gasteiger partial charge is 0.353 e. The van der Waals surface area contributed by atoms with Crippen molar-refractivity contribution in [2.24, 2.45) is 0 Å². The number of H-pyrrole nitrogens is 1. The van der Waals surface area contributed by atoms with E-state index in [4.69, 9.17) is 0 Å². The maximum absolute atomic E-state index is 14.0. The van der Waals surface area contributed by atoms with Gasteiger partial charge in [-0.25, -0.2) is 14.4 Å². The summed E-state index contributed by atoms with van der Waals surface area (Å²) in [6, 6.07) is 8.41. The molecular formula is C27H32FN5S. The van der Waals surface area contributed by atoms with Gasteiger partial charge in [-0.1, -0.05) is 43.2 Å². The summed E-state index contributed by atoms with van der Waals surface area (Å²) in [6.07, 6.45) is 5.96. The van der Waals surface area contributed by atoms with Crippen molar-refractivity contribution in [2.45, 2.75) is 58.0 Å². The van der Waals surface area contributed by atoms with E-state index in [1.165, 1.54) is 29.2 Å². The van der Waals surface area contributed by atoms with E-state index in [0.717, 1.165) is 41.2 Å². The third-order valence-electron chi connectivity index (χ3n) is 6.07. The van der Waals surface area contributed by atoms with E-state index in [1.54, 1.807) is 11.8 Å². The van der Waals surface area contributed by atoms with Crippen LogP contribution < -0.4 is 10.6 Å². The van der Waals surface area contributed by atoms with Gasteiger partial charge in [0.2, 0.25) is 0 Å². The van der Waals surface area contributed by atoms with Crippen LogP contribution in [0, 0.1) is 0 Å². The highest BCUT2D eigenvalue weighted by atomic mass is 32.2. The van der Waals surface area contributed by atoms with E-state index in [2.05, 4.69) is 83.5 Å². The number of alkyl halides is 1. The summed E-state index contributed by atoms with van der Waals surface area (Å²) in [5.41, 5.74) is 9.14. The fourth-order valence-corrected chi connectivity index (χ4v) is 4.67. The first-order chi connectivity index (χ1) is 16.3. The molecule has 0 radical (unpaired) electrons. The molecule has 178 valence electrons. The van der Waals surface area contributed by atoms with Gasteiger partial charge in [0.05, 0.1) is 11.4 Å². The van der Waals surface area contributed by atoms with Crippen LogP contribution in [0.15, 0.2) is 58.7 Å². The molecule has 0 spiro atoms. The summed E-state index contributed by atoms with van der Waals surface area (Å²) < 4.78 is 14.0. The Labute approximate surface area is 205 Å². The van der Waals surface area contributed by atoms with Crippen LogP contribution in [0.25, 0.3) is 16.7 Å². The van der Waals surface area contributed by atoms with Crippen LogP contribution in [0.1, 0.15) is 64.5 Å². The summed E-state index contributed by atoms with van der Waals surface area (Å²) in [4.78, 5) is 13.2. The number of aromatic amines is 1. The number of pyridine rings is 1. The van der Waals surface area contributed by atoms with Gasteiger partial charge in [0.15, 0.2) is 11.8 Å². The van der Waals surface area contributed by atoms with E-state index in [-0.39, 0.29) is 5.82 Å². The predicted octanol–water partition coefficient (Wildman–Crippen LogP) is 8.30. The first-order valence-electron chi connectivity index (χ1n) is 11.6. The highest BCUT2D eigenvalue weighted by Gasteiger charge is 2.17. The number of thioether (sulfide) groups is 1. The molecule has 0 aliphatic heterocycles. The predicted molar refractivity (Wildman–Crippen MR) is 144 cm³/mol. The Morgan fingerprint density at radius 3 is 2.68 bits per heavy atom. The maximum Gasteiger partial charge on any atom is 0.182 e. The van der Waals surface area contributed by atoms with E-state index in [0.29, 0.717) is 17.0 Å². The highest BCUT2D eigenvalue weighted by molar-refractivity contribution is 7.98. The molecule has 1 aromatic carbocycles. The summed E-state index contributed by atoms with van der Waals surface area (Å²) >= 11 is 1.69. The van der Waals surface area contributed by atoms with Crippen molar-refractivity contribution in [1.82, 2.24) is 15.0 Å². The Bertz CT molecular complexity index is 1300. The monoisotopic (exact) mass is 477 g/mol. The van der Waals surface area contributed by atoms with Crippen LogP contribution >= 0.6 is 11.8 Å². The third-order valence-corrected chi connectivity index (χ3v) is 6.85. The number of fused-ring (bicyclic) bond motifs is 1. The molecule has 0 bridgehead atoms. The molecule has 34 heavy (non-hydrogen) atoms. The Balaban J connectivity index is 1.71. The minimum atomic E-state index is -1.21. The van der Waals surface area contributed by atoms with Gasteiger partial charge < -0.3 is 15.6 Å². The second-order valence-corrected chi connectivity index (χ2v) is 9.67. The molecule has 1 unspecified atom stereocenters. The molecule has 0 saturated heterocycles. The van der Waals surface area contributed by atoms with Crippen molar-refractivity contribution in [3.63, 3.8) is 0 Å². The number of benzene rings is 1. The maximum atomic E-state index is 14.0. The molecule has 4 rings (SSSR count). The van der Waals surface area contributed by atoms with Gasteiger partial charge in [0.25, 0.3) is 0 Å². The lowest BCUT2D eigenvalue weighted by Crippen LogP contribution is -2.02. The number of imidazole rings is 1. The van der Waals surface area contributed by atoms with Gasteiger partial charge in [-0.2, -0.15) is 0 Å². The van der Waals surface area contributed by atoms with Crippen molar-refractivity contribution in [3.8, 4) is 0 Å². The van der Waals surface area contributed by atoms with Crippen LogP contribution in [0.5, 0.6) is 0 Å². The normalized spacial score (nSPS) is 14.5. The van der Waals surface area contributed by atoms with Gasteiger partial charge in [-0.15, -0.1) is 11.8 Å². The summed E-state index contributed by atoms with van der Waals surface area (Å²) in [6.45, 7) is 12.0. The molecule has 1 aliphatic carbocycles. The fraction of sp³-hybridized carbons (Fsp3) is 0.333. The zero-order valence-corrected chi connectivity index (χ0v) is 21.3. The molecule has 7 heteroatoms. The van der Waals surface area contributed by atoms with Gasteiger partial charge >= 0.3 is 0 Å². The number of hydrogen-bond donors (Lipinski definition) is 3. The Morgan fingerprint density at radius 2 is 2.03 bits per heavy atom. The smallest absolute Gasteiger partial charge is 0.182 e. The number of anilines is 3. The van der Waals surface area contributed by atoms with Crippen molar-refractivity contribution in [2.75, 3.05) is 16.9 Å². The number of hydrogen-bond acceptors (Lipinski definition) is 5. The van der Waals surface area contributed by atoms with E-state index in [9.17, 15) is 4.39 Å². The lowest BCUT2D eigenvalue weighted by atomic mass is 10.0. The lowest BCUT2D eigenvalue weighted by molar-refractivity contribution is 0.359. The highest BCUT2D eigenvalue weighted by Crippen LogP contribution is 2.38. The molecule has 1 atom stereocenters. The number of nitrogens with one attached hydrogen (secondary N) is 3. The number of aromatic nitrogens is 3. The van der Waals surface area contributed by atoms with Crippen LogP contribution in [-0.2, 0) is 0 Å². The number of halogens is 1. The Hall–Kier alpha value is -3.06. The Kier molecular flexibility index (Phi) is 7.12. The van der Waals surface area contributed by atoms with Crippen molar-refractivity contribution >= 4 is 45.7 Å². The number of rotatable bonds is 9. The fourth-order valence-electron chi connectivity index (χ4n) is 4.09. The van der Waals surface area contributed by atoms with Gasteiger partial charge in [-0.05, 0) is 63.1 Å². The van der Waals surface area contributed by atoms with E-state index >= 15 is 0 Å². The average Bonchev–Trinajstić information content (AvgIpc) is 3.37. The second kappa shape index (κ2) is 10.1. The SMILES string of the molecule is C=C(CCC)Nc1cc(Nc2ccc(C3=CC(C)=C(C)C3)cc2SC)c2[nH]c(C(C)F)nc2n1. The molecule has 0 fully saturated rings. The first-order valence-corrected chi connectivity index (χ1v) is 12.8. The van der Waals surface area contributed by atoms with Crippen LogP contribution in [0.2, 0.25) is 0 Å². The molecule has 0 amide bonds. The van der Waals surface area contributed by atoms with E-state index < -0.39 is 6.17 Å². The van der Waals surface area contributed by atoms with Crippen LogP contribution in [0.3, 0.4) is 0 Å². The van der Waals surface area contributed by atoms with Gasteiger partial charge in [-0.3, -0.25) is 0 Å². The molecular weight excluding hydrogens is 445 g/mol. The van der Waals surface area contributed by atoms with Crippen LogP contribution in [-0.4, -0.2) is 21.2 Å². The van der Waals surface area contributed by atoms with Gasteiger partial charge in [0, 0.05) is 16.7 Å². The molecule has 3 N–H and O–H groups in total. The lowest BCUT2D eigenvalue weighted by Gasteiger charge is -2.15. The van der Waals surface area contributed by atoms with Crippen molar-refractivity contribution in [3.05, 3.63) is 65.2 Å². The second-order valence-electron chi connectivity index (χ2n) is 8.82.